The molecule has 2 amide bonds. The van der Waals surface area contributed by atoms with Gasteiger partial charge >= 0.3 is 0 Å². The van der Waals surface area contributed by atoms with Crippen LogP contribution in [0.4, 0.5) is 0 Å². The molecule has 2 aromatic carbocycles. The van der Waals surface area contributed by atoms with Gasteiger partial charge in [0.15, 0.2) is 5.69 Å². The van der Waals surface area contributed by atoms with Gasteiger partial charge in [-0.15, -0.1) is 0 Å². The Kier molecular flexibility index (Phi) is 7.37. The molecule has 8 heteroatoms. The molecule has 8 nitrogen and oxygen atoms in total. The molecular formula is C23H26N4O4. The molecule has 31 heavy (non-hydrogen) atoms. The lowest BCUT2D eigenvalue weighted by Gasteiger charge is -2.12. The minimum absolute atomic E-state index is 0.0922. The molecule has 162 valence electrons. The number of carbonyl (C=O) groups is 2. The van der Waals surface area contributed by atoms with Crippen molar-refractivity contribution in [3.8, 4) is 5.75 Å². The molecule has 0 bridgehead atoms. The molecule has 0 fully saturated rings. The van der Waals surface area contributed by atoms with Gasteiger partial charge in [0, 0.05) is 11.9 Å². The third kappa shape index (κ3) is 5.48. The van der Waals surface area contributed by atoms with Crippen LogP contribution in [0.2, 0.25) is 0 Å². The van der Waals surface area contributed by atoms with Gasteiger partial charge in [0.1, 0.15) is 5.75 Å². The van der Waals surface area contributed by atoms with Crippen molar-refractivity contribution >= 4 is 22.6 Å². The van der Waals surface area contributed by atoms with Crippen LogP contribution in [-0.2, 0) is 17.8 Å². The monoisotopic (exact) mass is 422 g/mol. The lowest BCUT2D eigenvalue weighted by Crippen LogP contribution is -2.43. The lowest BCUT2D eigenvalue weighted by atomic mass is 10.1. The summed E-state index contributed by atoms with van der Waals surface area (Å²) < 4.78 is 6.42. The molecule has 2 N–H and O–H groups in total. The van der Waals surface area contributed by atoms with E-state index in [4.69, 9.17) is 4.74 Å². The van der Waals surface area contributed by atoms with E-state index in [-0.39, 0.29) is 23.6 Å². The number of amides is 2. The van der Waals surface area contributed by atoms with Crippen molar-refractivity contribution in [3.05, 3.63) is 70.1 Å². The van der Waals surface area contributed by atoms with Crippen molar-refractivity contribution in [1.29, 1.82) is 0 Å². The number of hydrogen-bond acceptors (Lipinski definition) is 5. The molecule has 1 heterocycles. The summed E-state index contributed by atoms with van der Waals surface area (Å²) in [6.45, 7) is 2.51. The molecule has 3 aromatic rings. The molecule has 1 aromatic heterocycles. The maximum atomic E-state index is 12.8. The van der Waals surface area contributed by atoms with Crippen molar-refractivity contribution in [2.45, 2.75) is 39.2 Å². The Balaban J connectivity index is 1.74. The van der Waals surface area contributed by atoms with Gasteiger partial charge in [0.25, 0.3) is 11.5 Å². The number of hydrogen-bond donors (Lipinski definition) is 2. The Hall–Kier alpha value is -3.68. The fourth-order valence-electron chi connectivity index (χ4n) is 3.22. The Morgan fingerprint density at radius 3 is 2.39 bits per heavy atom. The summed E-state index contributed by atoms with van der Waals surface area (Å²) >= 11 is 0. The summed E-state index contributed by atoms with van der Waals surface area (Å²) in [5, 5.41) is 5.15. The van der Waals surface area contributed by atoms with E-state index in [0.717, 1.165) is 24.8 Å². The van der Waals surface area contributed by atoms with E-state index in [1.165, 1.54) is 4.68 Å². The van der Waals surface area contributed by atoms with E-state index in [1.807, 2.05) is 0 Å². The minimum atomic E-state index is -0.580. The molecule has 0 radical (unpaired) electrons. The van der Waals surface area contributed by atoms with E-state index >= 15 is 0 Å². The standard InChI is InChI=1S/C23H26N4O4/c1-3-4-7-14-27-23(30)19-9-6-5-8-18(19)21(26-27)22(29)25-24-20(28)15-16-10-12-17(31-2)13-11-16/h5-6,8-13H,3-4,7,14-15H2,1-2H3,(H,24,28)(H,25,29). The van der Waals surface area contributed by atoms with Crippen molar-refractivity contribution in [1.82, 2.24) is 20.6 Å². The zero-order valence-corrected chi connectivity index (χ0v) is 17.7. The highest BCUT2D eigenvalue weighted by molar-refractivity contribution is 6.05. The predicted octanol–water partition coefficient (Wildman–Crippen LogP) is 2.60. The number of hydrazine groups is 1. The van der Waals surface area contributed by atoms with Gasteiger partial charge in [-0.25, -0.2) is 4.68 Å². The zero-order valence-electron chi connectivity index (χ0n) is 17.7. The van der Waals surface area contributed by atoms with Gasteiger partial charge < -0.3 is 4.74 Å². The second kappa shape index (κ2) is 10.4. The van der Waals surface area contributed by atoms with Crippen LogP contribution in [0, 0.1) is 0 Å². The van der Waals surface area contributed by atoms with Crippen LogP contribution in [0.5, 0.6) is 5.75 Å². The van der Waals surface area contributed by atoms with Crippen LogP contribution in [0.3, 0.4) is 0 Å². The fourth-order valence-corrected chi connectivity index (χ4v) is 3.22. The average Bonchev–Trinajstić information content (AvgIpc) is 2.79. The minimum Gasteiger partial charge on any atom is -0.497 e. The van der Waals surface area contributed by atoms with Gasteiger partial charge in [-0.1, -0.05) is 50.1 Å². The average molecular weight is 422 g/mol. The largest absolute Gasteiger partial charge is 0.497 e. The Bertz CT molecular complexity index is 1120. The first-order chi connectivity index (χ1) is 15.0. The normalized spacial score (nSPS) is 10.6. The first-order valence-electron chi connectivity index (χ1n) is 10.3. The topological polar surface area (TPSA) is 102 Å². The molecule has 0 saturated carbocycles. The molecular weight excluding hydrogens is 396 g/mol. The van der Waals surface area contributed by atoms with Crippen LogP contribution in [-0.4, -0.2) is 28.7 Å². The second-order valence-electron chi connectivity index (χ2n) is 7.16. The summed E-state index contributed by atoms with van der Waals surface area (Å²) in [6, 6.07) is 13.9. The first kappa shape index (κ1) is 22.0. The maximum absolute atomic E-state index is 12.8. The van der Waals surface area contributed by atoms with Crippen LogP contribution < -0.4 is 21.1 Å². The van der Waals surface area contributed by atoms with E-state index in [0.29, 0.717) is 23.1 Å². The molecule has 3 rings (SSSR count). The van der Waals surface area contributed by atoms with Gasteiger partial charge in [-0.3, -0.25) is 25.2 Å². The van der Waals surface area contributed by atoms with Gasteiger partial charge in [0.2, 0.25) is 5.91 Å². The van der Waals surface area contributed by atoms with Crippen LogP contribution in [0.1, 0.15) is 42.2 Å². The van der Waals surface area contributed by atoms with Gasteiger partial charge in [0.05, 0.1) is 18.9 Å². The van der Waals surface area contributed by atoms with Crippen LogP contribution in [0.15, 0.2) is 53.3 Å². The first-order valence-corrected chi connectivity index (χ1v) is 10.3. The molecule has 0 spiro atoms. The van der Waals surface area contributed by atoms with E-state index in [2.05, 4.69) is 22.9 Å². The number of ether oxygens (including phenoxy) is 1. The lowest BCUT2D eigenvalue weighted by molar-refractivity contribution is -0.121. The predicted molar refractivity (Wildman–Crippen MR) is 118 cm³/mol. The molecule has 0 unspecified atom stereocenters. The summed E-state index contributed by atoms with van der Waals surface area (Å²) in [5.41, 5.74) is 5.46. The number of aryl methyl sites for hydroxylation is 1. The highest BCUT2D eigenvalue weighted by atomic mass is 16.5. The van der Waals surface area contributed by atoms with Crippen LogP contribution in [0.25, 0.3) is 10.8 Å². The highest BCUT2D eigenvalue weighted by Crippen LogP contribution is 2.14. The number of nitrogens with one attached hydrogen (secondary N) is 2. The third-order valence-corrected chi connectivity index (χ3v) is 4.90. The number of aromatic nitrogens is 2. The maximum Gasteiger partial charge on any atom is 0.290 e. The SMILES string of the molecule is CCCCCn1nc(C(=O)NNC(=O)Cc2ccc(OC)cc2)c2ccccc2c1=O. The summed E-state index contributed by atoms with van der Waals surface area (Å²) in [7, 11) is 1.57. The van der Waals surface area contributed by atoms with Crippen molar-refractivity contribution in [2.75, 3.05) is 7.11 Å². The van der Waals surface area contributed by atoms with E-state index in [1.54, 1.807) is 55.6 Å². The summed E-state index contributed by atoms with van der Waals surface area (Å²) in [4.78, 5) is 37.7. The number of benzene rings is 2. The number of unbranched alkanes of at least 4 members (excludes halogenated alkanes) is 2. The Morgan fingerprint density at radius 1 is 1.00 bits per heavy atom. The highest BCUT2D eigenvalue weighted by Gasteiger charge is 2.17. The number of nitrogens with zero attached hydrogens (tertiary/aromatic N) is 2. The molecule has 0 aliphatic carbocycles. The quantitative estimate of drug-likeness (QED) is 0.429. The fraction of sp³-hybridized carbons (Fsp3) is 0.304. The van der Waals surface area contributed by atoms with Crippen molar-refractivity contribution in [3.63, 3.8) is 0 Å². The number of methoxy groups -OCH3 is 1. The van der Waals surface area contributed by atoms with Crippen molar-refractivity contribution < 1.29 is 14.3 Å². The van der Waals surface area contributed by atoms with Gasteiger partial charge in [-0.05, 0) is 30.2 Å². The molecule has 0 atom stereocenters. The summed E-state index contributed by atoms with van der Waals surface area (Å²) in [5.74, 6) is -0.257. The second-order valence-corrected chi connectivity index (χ2v) is 7.16. The van der Waals surface area contributed by atoms with Crippen LogP contribution >= 0.6 is 0 Å². The molecule has 0 saturated heterocycles. The molecule has 0 aliphatic rings. The summed E-state index contributed by atoms with van der Waals surface area (Å²) in [6.07, 6.45) is 2.86. The van der Waals surface area contributed by atoms with E-state index < -0.39 is 5.91 Å². The van der Waals surface area contributed by atoms with E-state index in [9.17, 15) is 14.4 Å². The van der Waals surface area contributed by atoms with Crippen molar-refractivity contribution in [2.24, 2.45) is 0 Å². The smallest absolute Gasteiger partial charge is 0.290 e. The Morgan fingerprint density at radius 2 is 1.71 bits per heavy atom. The number of carbonyl (C=O) groups excluding carboxylic acids is 2. The zero-order chi connectivity index (χ0) is 22.2. The number of fused-ring (bicyclic) bond motifs is 1. The third-order valence-electron chi connectivity index (χ3n) is 4.90. The number of rotatable bonds is 8. The Labute approximate surface area is 180 Å². The van der Waals surface area contributed by atoms with Gasteiger partial charge in [-0.2, -0.15) is 5.10 Å². The molecule has 0 aliphatic heterocycles.